The van der Waals surface area contributed by atoms with Crippen molar-refractivity contribution in [3.63, 3.8) is 0 Å². The Balaban J connectivity index is 0.00000225. The Morgan fingerprint density at radius 1 is 1.36 bits per heavy atom. The maximum Gasteiger partial charge on any atom is 0.248 e. The number of nitrogens with zero attached hydrogens (tertiary/aromatic N) is 2. The van der Waals surface area contributed by atoms with E-state index >= 15 is 0 Å². The van der Waals surface area contributed by atoms with Crippen molar-refractivity contribution in [1.82, 2.24) is 20.4 Å². The van der Waals surface area contributed by atoms with E-state index in [9.17, 15) is 9.90 Å². The van der Waals surface area contributed by atoms with Gasteiger partial charge in [-0.1, -0.05) is 23.7 Å². The summed E-state index contributed by atoms with van der Waals surface area (Å²) in [5, 5.41) is 21.3. The highest BCUT2D eigenvalue weighted by Gasteiger charge is 2.41. The summed E-state index contributed by atoms with van der Waals surface area (Å²) in [6, 6.07) is 8.78. The van der Waals surface area contributed by atoms with Crippen LogP contribution in [0.15, 0.2) is 42.7 Å². The normalized spacial score (nSPS) is 17.4. The minimum absolute atomic E-state index is 0. The van der Waals surface area contributed by atoms with Gasteiger partial charge in [-0.2, -0.15) is 5.10 Å². The third-order valence-electron chi connectivity index (χ3n) is 4.51. The molecule has 0 aliphatic carbocycles. The molecule has 136 valence electrons. The van der Waals surface area contributed by atoms with Crippen LogP contribution in [0.2, 0.25) is 5.02 Å². The van der Waals surface area contributed by atoms with Crippen LogP contribution in [-0.2, 0) is 10.3 Å². The molecular formula is C17H22Cl2N4O2. The highest BCUT2D eigenvalue weighted by atomic mass is 35.5. The first-order valence-electron chi connectivity index (χ1n) is 8.04. The molecule has 3 rings (SSSR count). The fourth-order valence-corrected chi connectivity index (χ4v) is 3.21. The summed E-state index contributed by atoms with van der Waals surface area (Å²) < 4.78 is 1.73. The van der Waals surface area contributed by atoms with Crippen LogP contribution in [0, 0.1) is 0 Å². The molecule has 1 aliphatic heterocycles. The number of halogens is 2. The minimum Gasteiger partial charge on any atom is -0.387 e. The van der Waals surface area contributed by atoms with Crippen molar-refractivity contribution in [3.05, 3.63) is 53.3 Å². The van der Waals surface area contributed by atoms with Gasteiger partial charge in [0, 0.05) is 24.0 Å². The monoisotopic (exact) mass is 384 g/mol. The lowest BCUT2D eigenvalue weighted by molar-refractivity contribution is -0.132. The summed E-state index contributed by atoms with van der Waals surface area (Å²) in [4.78, 5) is 12.9. The molecule has 1 aliphatic rings. The largest absolute Gasteiger partial charge is 0.387 e. The smallest absolute Gasteiger partial charge is 0.248 e. The van der Waals surface area contributed by atoms with Gasteiger partial charge in [-0.05, 0) is 49.7 Å². The Morgan fingerprint density at radius 2 is 2.04 bits per heavy atom. The molecule has 1 saturated heterocycles. The molecule has 2 heterocycles. The van der Waals surface area contributed by atoms with E-state index in [1.165, 1.54) is 0 Å². The zero-order chi connectivity index (χ0) is 17.0. The van der Waals surface area contributed by atoms with Gasteiger partial charge in [-0.3, -0.25) is 9.48 Å². The zero-order valence-electron chi connectivity index (χ0n) is 13.7. The summed E-state index contributed by atoms with van der Waals surface area (Å²) in [7, 11) is 0. The summed E-state index contributed by atoms with van der Waals surface area (Å²) >= 11 is 5.85. The van der Waals surface area contributed by atoms with E-state index in [4.69, 9.17) is 11.6 Å². The first-order valence-corrected chi connectivity index (χ1v) is 8.42. The molecule has 8 heteroatoms. The third kappa shape index (κ3) is 4.33. The molecule has 1 fully saturated rings. The fourth-order valence-electron chi connectivity index (χ4n) is 3.08. The molecule has 1 atom stereocenters. The van der Waals surface area contributed by atoms with Crippen molar-refractivity contribution in [1.29, 1.82) is 0 Å². The van der Waals surface area contributed by atoms with Gasteiger partial charge in [0.05, 0.1) is 6.10 Å². The summed E-state index contributed by atoms with van der Waals surface area (Å²) in [5.74, 6) is -0.110. The molecule has 1 unspecified atom stereocenters. The molecule has 0 bridgehead atoms. The summed E-state index contributed by atoms with van der Waals surface area (Å²) in [6.45, 7) is 1.66. The van der Waals surface area contributed by atoms with Crippen LogP contribution < -0.4 is 10.6 Å². The minimum atomic E-state index is -0.775. The topological polar surface area (TPSA) is 79.2 Å². The number of aromatic nitrogens is 2. The SMILES string of the molecule is Cl.O=C(NCC(O)c1ccc(Cl)cc1)C1(n2cccn2)CCNCC1. The predicted octanol–water partition coefficient (Wildman–Crippen LogP) is 1.89. The number of carbonyl (C=O) groups excluding carboxylic acids is 1. The van der Waals surface area contributed by atoms with Gasteiger partial charge in [0.15, 0.2) is 0 Å². The molecule has 0 spiro atoms. The molecular weight excluding hydrogens is 363 g/mol. The first-order chi connectivity index (χ1) is 11.6. The lowest BCUT2D eigenvalue weighted by Crippen LogP contribution is -2.55. The summed E-state index contributed by atoms with van der Waals surface area (Å²) in [6.07, 6.45) is 4.05. The van der Waals surface area contributed by atoms with Crippen molar-refractivity contribution in [2.24, 2.45) is 0 Å². The number of amides is 1. The van der Waals surface area contributed by atoms with E-state index < -0.39 is 11.6 Å². The Hall–Kier alpha value is -1.60. The highest BCUT2D eigenvalue weighted by molar-refractivity contribution is 6.30. The second-order valence-electron chi connectivity index (χ2n) is 6.01. The van der Waals surface area contributed by atoms with Gasteiger partial charge in [-0.25, -0.2) is 0 Å². The van der Waals surface area contributed by atoms with Crippen molar-refractivity contribution < 1.29 is 9.90 Å². The Kier molecular flexibility index (Phi) is 6.84. The van der Waals surface area contributed by atoms with Crippen LogP contribution in [0.5, 0.6) is 0 Å². The van der Waals surface area contributed by atoms with Crippen LogP contribution >= 0.6 is 24.0 Å². The lowest BCUT2D eigenvalue weighted by Gasteiger charge is -2.36. The van der Waals surface area contributed by atoms with Gasteiger partial charge in [-0.15, -0.1) is 12.4 Å². The average Bonchev–Trinajstić information content (AvgIpc) is 3.15. The molecule has 2 aromatic rings. The average molecular weight is 385 g/mol. The van der Waals surface area contributed by atoms with Crippen LogP contribution in [0.4, 0.5) is 0 Å². The molecule has 6 nitrogen and oxygen atoms in total. The zero-order valence-corrected chi connectivity index (χ0v) is 15.3. The second-order valence-corrected chi connectivity index (χ2v) is 6.45. The molecule has 1 aromatic heterocycles. The highest BCUT2D eigenvalue weighted by Crippen LogP contribution is 2.27. The maximum atomic E-state index is 12.9. The van der Waals surface area contributed by atoms with E-state index in [-0.39, 0.29) is 24.9 Å². The number of aliphatic hydroxyl groups is 1. The van der Waals surface area contributed by atoms with Crippen LogP contribution in [-0.4, -0.2) is 40.4 Å². The standard InChI is InChI=1S/C17H21ClN4O2.ClH/c18-14-4-2-13(3-5-14)15(23)12-20-16(24)17(6-9-19-10-7-17)22-11-1-8-21-22;/h1-5,8,11,15,19,23H,6-7,9-10,12H2,(H,20,24);1H. The number of hydrogen-bond acceptors (Lipinski definition) is 4. The van der Waals surface area contributed by atoms with Crippen LogP contribution in [0.25, 0.3) is 0 Å². The van der Waals surface area contributed by atoms with Crippen molar-refractivity contribution in [2.75, 3.05) is 19.6 Å². The van der Waals surface area contributed by atoms with E-state index in [0.717, 1.165) is 18.7 Å². The predicted molar refractivity (Wildman–Crippen MR) is 99.0 cm³/mol. The number of rotatable bonds is 5. The van der Waals surface area contributed by atoms with Gasteiger partial charge in [0.1, 0.15) is 5.54 Å². The van der Waals surface area contributed by atoms with E-state index in [2.05, 4.69) is 15.7 Å². The molecule has 0 saturated carbocycles. The Morgan fingerprint density at radius 3 is 2.64 bits per heavy atom. The molecule has 25 heavy (non-hydrogen) atoms. The van der Waals surface area contributed by atoms with Gasteiger partial charge < -0.3 is 15.7 Å². The number of benzene rings is 1. The van der Waals surface area contributed by atoms with Gasteiger partial charge in [0.2, 0.25) is 5.91 Å². The van der Waals surface area contributed by atoms with Gasteiger partial charge >= 0.3 is 0 Å². The fraction of sp³-hybridized carbons (Fsp3) is 0.412. The van der Waals surface area contributed by atoms with Crippen LogP contribution in [0.3, 0.4) is 0 Å². The second kappa shape index (κ2) is 8.67. The van der Waals surface area contributed by atoms with Crippen molar-refractivity contribution >= 4 is 29.9 Å². The van der Waals surface area contributed by atoms with Crippen LogP contribution in [0.1, 0.15) is 24.5 Å². The lowest BCUT2D eigenvalue weighted by atomic mass is 9.87. The molecule has 0 radical (unpaired) electrons. The third-order valence-corrected chi connectivity index (χ3v) is 4.76. The number of piperidine rings is 1. The molecule has 1 aromatic carbocycles. The maximum absolute atomic E-state index is 12.9. The summed E-state index contributed by atoms with van der Waals surface area (Å²) in [5.41, 5.74) is 0.0206. The van der Waals surface area contributed by atoms with Crippen molar-refractivity contribution in [2.45, 2.75) is 24.5 Å². The molecule has 1 amide bonds. The van der Waals surface area contributed by atoms with E-state index in [1.54, 1.807) is 35.1 Å². The van der Waals surface area contributed by atoms with E-state index in [0.29, 0.717) is 17.9 Å². The van der Waals surface area contributed by atoms with E-state index in [1.807, 2.05) is 12.3 Å². The number of carbonyl (C=O) groups is 1. The number of nitrogens with one attached hydrogen (secondary N) is 2. The van der Waals surface area contributed by atoms with Gasteiger partial charge in [0.25, 0.3) is 0 Å². The quantitative estimate of drug-likeness (QED) is 0.735. The Labute approximate surface area is 158 Å². The Bertz CT molecular complexity index is 670. The van der Waals surface area contributed by atoms with Crippen molar-refractivity contribution in [3.8, 4) is 0 Å². The number of hydrogen-bond donors (Lipinski definition) is 3. The number of aliphatic hydroxyl groups excluding tert-OH is 1. The first kappa shape index (κ1) is 19.7. The molecule has 3 N–H and O–H groups in total.